The summed E-state index contributed by atoms with van der Waals surface area (Å²) in [5.74, 6) is -0.186. The van der Waals surface area contributed by atoms with Crippen LogP contribution in [0.5, 0.6) is 0 Å². The summed E-state index contributed by atoms with van der Waals surface area (Å²) in [5, 5.41) is 10.1. The van der Waals surface area contributed by atoms with E-state index in [-0.39, 0.29) is 11.9 Å². The maximum atomic E-state index is 12.5. The Labute approximate surface area is 149 Å². The largest absolute Gasteiger partial charge is 0.351 e. The molecule has 2 N–H and O–H groups in total. The van der Waals surface area contributed by atoms with Gasteiger partial charge in [0.05, 0.1) is 6.26 Å². The number of nitrogens with zero attached hydrogens (tertiary/aromatic N) is 3. The van der Waals surface area contributed by atoms with Gasteiger partial charge in [0.2, 0.25) is 10.0 Å². The molecule has 0 bridgehead atoms. The highest BCUT2D eigenvalue weighted by Gasteiger charge is 2.29. The second-order valence-electron chi connectivity index (χ2n) is 7.08. The Morgan fingerprint density at radius 1 is 1.36 bits per heavy atom. The van der Waals surface area contributed by atoms with Gasteiger partial charge in [0, 0.05) is 49.9 Å². The minimum atomic E-state index is -3.19. The lowest BCUT2D eigenvalue weighted by atomic mass is 10.0. The Balaban J connectivity index is 1.57. The fourth-order valence-corrected chi connectivity index (χ4v) is 4.97. The first-order valence-corrected chi connectivity index (χ1v) is 10.7. The number of H-pyrrole nitrogens is 1. The minimum Gasteiger partial charge on any atom is -0.351 e. The van der Waals surface area contributed by atoms with Gasteiger partial charge in [0.25, 0.3) is 5.91 Å². The van der Waals surface area contributed by atoms with Crippen molar-refractivity contribution in [1.29, 1.82) is 0 Å². The van der Waals surface area contributed by atoms with Crippen LogP contribution in [0.3, 0.4) is 0 Å². The summed E-state index contributed by atoms with van der Waals surface area (Å²) in [4.78, 5) is 14.6. The van der Waals surface area contributed by atoms with Crippen molar-refractivity contribution < 1.29 is 13.2 Å². The monoisotopic (exact) mass is 369 g/mol. The average Bonchev–Trinajstić information content (AvgIpc) is 2.97. The molecule has 140 valence electrons. The predicted molar refractivity (Wildman–Crippen MR) is 94.8 cm³/mol. The molecule has 8 nitrogen and oxygen atoms in total. The van der Waals surface area contributed by atoms with E-state index in [4.69, 9.17) is 0 Å². The number of rotatable bonds is 5. The lowest BCUT2D eigenvalue weighted by molar-refractivity contribution is 0.0942. The summed E-state index contributed by atoms with van der Waals surface area (Å²) in [6.07, 6.45) is 5.55. The van der Waals surface area contributed by atoms with Crippen molar-refractivity contribution in [2.75, 3.05) is 32.9 Å². The maximum Gasteiger partial charge on any atom is 0.272 e. The molecule has 1 saturated heterocycles. The molecule has 2 aliphatic heterocycles. The van der Waals surface area contributed by atoms with Crippen molar-refractivity contribution in [3.05, 3.63) is 17.0 Å². The molecule has 1 aromatic rings. The number of carbonyl (C=O) groups excluding carboxylic acids is 1. The summed E-state index contributed by atoms with van der Waals surface area (Å²) < 4.78 is 25.4. The summed E-state index contributed by atoms with van der Waals surface area (Å²) in [5.41, 5.74) is 2.48. The molecule has 3 rings (SSSR count). The fourth-order valence-electron chi connectivity index (χ4n) is 3.75. The van der Waals surface area contributed by atoms with Crippen molar-refractivity contribution in [1.82, 2.24) is 24.7 Å². The number of aromatic nitrogens is 2. The van der Waals surface area contributed by atoms with E-state index in [1.54, 1.807) is 4.31 Å². The minimum absolute atomic E-state index is 0.0247. The first-order valence-electron chi connectivity index (χ1n) is 8.86. The molecule has 0 saturated carbocycles. The number of fused-ring (bicyclic) bond motifs is 1. The number of piperidine rings is 1. The number of amides is 1. The quantitative estimate of drug-likeness (QED) is 0.779. The van der Waals surface area contributed by atoms with Gasteiger partial charge < -0.3 is 10.2 Å². The van der Waals surface area contributed by atoms with Crippen molar-refractivity contribution in [3.8, 4) is 0 Å². The van der Waals surface area contributed by atoms with E-state index in [1.165, 1.54) is 6.26 Å². The number of carbonyl (C=O) groups is 1. The highest BCUT2D eigenvalue weighted by molar-refractivity contribution is 7.88. The molecule has 0 radical (unpaired) electrons. The molecule has 1 atom stereocenters. The van der Waals surface area contributed by atoms with Crippen LogP contribution in [0.4, 0.5) is 0 Å². The first kappa shape index (κ1) is 18.3. The number of aromatic amines is 1. The molecule has 2 aliphatic rings. The molecule has 9 heteroatoms. The van der Waals surface area contributed by atoms with Crippen LogP contribution < -0.4 is 5.32 Å². The molecule has 25 heavy (non-hydrogen) atoms. The van der Waals surface area contributed by atoms with E-state index in [2.05, 4.69) is 20.4 Å². The molecule has 0 aliphatic carbocycles. The zero-order chi connectivity index (χ0) is 18.0. The molecule has 1 aromatic heterocycles. The van der Waals surface area contributed by atoms with Gasteiger partial charge in [-0.1, -0.05) is 6.42 Å². The lowest BCUT2D eigenvalue weighted by Crippen LogP contribution is -2.44. The number of hydrogen-bond donors (Lipinski definition) is 2. The van der Waals surface area contributed by atoms with Gasteiger partial charge >= 0.3 is 0 Å². The van der Waals surface area contributed by atoms with Gasteiger partial charge in [-0.15, -0.1) is 0 Å². The van der Waals surface area contributed by atoms with E-state index in [0.717, 1.165) is 50.0 Å². The van der Waals surface area contributed by atoms with Crippen molar-refractivity contribution in [3.63, 3.8) is 0 Å². The second-order valence-corrected chi connectivity index (χ2v) is 9.02. The number of hydrogen-bond acceptors (Lipinski definition) is 5. The Morgan fingerprint density at radius 2 is 2.16 bits per heavy atom. The molecule has 3 heterocycles. The van der Waals surface area contributed by atoms with E-state index in [9.17, 15) is 13.2 Å². The van der Waals surface area contributed by atoms with Gasteiger partial charge in [-0.25, -0.2) is 8.42 Å². The molecule has 1 fully saturated rings. The number of nitrogens with one attached hydrogen (secondary N) is 2. The lowest BCUT2D eigenvalue weighted by Gasteiger charge is -2.33. The predicted octanol–water partition coefficient (Wildman–Crippen LogP) is 0.332. The Hall–Kier alpha value is -1.45. The maximum absolute atomic E-state index is 12.5. The van der Waals surface area contributed by atoms with Crippen molar-refractivity contribution in [2.45, 2.75) is 44.7 Å². The normalized spacial score (nSPS) is 22.6. The van der Waals surface area contributed by atoms with Gasteiger partial charge in [-0.2, -0.15) is 9.40 Å². The Morgan fingerprint density at radius 3 is 2.92 bits per heavy atom. The zero-order valence-corrected chi connectivity index (χ0v) is 15.7. The Bertz CT molecular complexity index is 730. The Kier molecular flexibility index (Phi) is 5.45. The summed E-state index contributed by atoms with van der Waals surface area (Å²) >= 11 is 0. The highest BCUT2D eigenvalue weighted by Crippen LogP contribution is 2.22. The van der Waals surface area contributed by atoms with Gasteiger partial charge in [0.15, 0.2) is 5.69 Å². The third-order valence-electron chi connectivity index (χ3n) is 5.10. The van der Waals surface area contributed by atoms with Crippen LogP contribution in [0.1, 0.15) is 47.4 Å². The molecule has 0 unspecified atom stereocenters. The van der Waals surface area contributed by atoms with Gasteiger partial charge in [-0.3, -0.25) is 9.89 Å². The summed E-state index contributed by atoms with van der Waals surface area (Å²) in [6.45, 7) is 2.71. The second kappa shape index (κ2) is 7.43. The van der Waals surface area contributed by atoms with Crippen molar-refractivity contribution in [2.24, 2.45) is 0 Å². The van der Waals surface area contributed by atoms with Crippen LogP contribution in [0.25, 0.3) is 0 Å². The third kappa shape index (κ3) is 4.21. The molecular weight excluding hydrogens is 342 g/mol. The zero-order valence-electron chi connectivity index (χ0n) is 14.9. The van der Waals surface area contributed by atoms with Crippen LogP contribution in [0.2, 0.25) is 0 Å². The average molecular weight is 369 g/mol. The van der Waals surface area contributed by atoms with E-state index < -0.39 is 10.0 Å². The van der Waals surface area contributed by atoms with Crippen molar-refractivity contribution >= 4 is 15.9 Å². The van der Waals surface area contributed by atoms with Crippen LogP contribution in [-0.2, 0) is 23.0 Å². The van der Waals surface area contributed by atoms with E-state index in [0.29, 0.717) is 25.2 Å². The summed E-state index contributed by atoms with van der Waals surface area (Å²) in [6, 6.07) is -0.0247. The molecule has 0 aromatic carbocycles. The fraction of sp³-hybridized carbons (Fsp3) is 0.750. The molecule has 0 spiro atoms. The van der Waals surface area contributed by atoms with Crippen LogP contribution in [0, 0.1) is 0 Å². The van der Waals surface area contributed by atoms with Crippen LogP contribution in [-0.4, -0.2) is 72.7 Å². The van der Waals surface area contributed by atoms with Gasteiger partial charge in [-0.05, 0) is 26.3 Å². The van der Waals surface area contributed by atoms with Crippen LogP contribution in [0.15, 0.2) is 0 Å². The molecular formula is C16H27N5O3S. The molecule has 1 amide bonds. The standard InChI is InChI=1S/C16H27N5O3S/c1-20-10-7-14-13(11-20)15(19-18-14)16(22)17-8-6-12-5-3-4-9-21(12)25(2,23)24/h12H,3-11H2,1-2H3,(H,17,22)(H,18,19)/t12-/m0/s1. The van der Waals surface area contributed by atoms with E-state index >= 15 is 0 Å². The van der Waals surface area contributed by atoms with E-state index in [1.807, 2.05) is 7.05 Å². The van der Waals surface area contributed by atoms with Gasteiger partial charge in [0.1, 0.15) is 0 Å². The smallest absolute Gasteiger partial charge is 0.272 e. The third-order valence-corrected chi connectivity index (χ3v) is 6.43. The van der Waals surface area contributed by atoms with Crippen LogP contribution >= 0.6 is 0 Å². The number of likely N-dealkylation sites (N-methyl/N-ethyl adjacent to an activating group) is 1. The summed E-state index contributed by atoms with van der Waals surface area (Å²) in [7, 11) is -1.16. The highest BCUT2D eigenvalue weighted by atomic mass is 32.2. The SMILES string of the molecule is CN1CCc2[nH]nc(C(=O)NCC[C@@H]3CCCCN3S(C)(=O)=O)c2C1. The topological polar surface area (TPSA) is 98.4 Å². The first-order chi connectivity index (χ1) is 11.9. The number of sulfonamides is 1.